The summed E-state index contributed by atoms with van der Waals surface area (Å²) >= 11 is 0. The number of hydrogen-bond acceptors (Lipinski definition) is 5. The molecule has 7 nitrogen and oxygen atoms in total. The maximum Gasteiger partial charge on any atom is 0.308 e. The molecule has 0 aromatic heterocycles. The van der Waals surface area contributed by atoms with Gasteiger partial charge in [-0.15, -0.1) is 0 Å². The van der Waals surface area contributed by atoms with E-state index in [9.17, 15) is 14.4 Å². The molecule has 0 atom stereocenters. The van der Waals surface area contributed by atoms with Crippen LogP contribution < -0.4 is 19.7 Å². The number of carbonyl (C=O) groups excluding carboxylic acids is 3. The summed E-state index contributed by atoms with van der Waals surface area (Å²) in [6.45, 7) is 1.74. The fraction of sp³-hybridized carbons (Fsp3) is 0.148. The van der Waals surface area contributed by atoms with Crippen LogP contribution in [0.3, 0.4) is 0 Å². The van der Waals surface area contributed by atoms with Gasteiger partial charge in [-0.05, 0) is 41.0 Å². The van der Waals surface area contributed by atoms with Crippen LogP contribution in [0.25, 0.3) is 6.08 Å². The maximum absolute atomic E-state index is 12.7. The zero-order valence-electron chi connectivity index (χ0n) is 18.9. The zero-order valence-corrected chi connectivity index (χ0v) is 18.9. The monoisotopic (exact) mass is 456 g/mol. The number of esters is 1. The van der Waals surface area contributed by atoms with Gasteiger partial charge in [-0.2, -0.15) is 0 Å². The second kappa shape index (κ2) is 10.0. The Hall–Kier alpha value is -4.39. The van der Waals surface area contributed by atoms with E-state index in [4.69, 9.17) is 9.47 Å². The predicted octanol–water partition coefficient (Wildman–Crippen LogP) is 4.36. The molecule has 0 saturated carbocycles. The van der Waals surface area contributed by atoms with Crippen LogP contribution in [0.15, 0.2) is 72.8 Å². The first kappa shape index (κ1) is 22.8. The van der Waals surface area contributed by atoms with Crippen molar-refractivity contribution in [2.24, 2.45) is 0 Å². The molecule has 1 heterocycles. The van der Waals surface area contributed by atoms with Gasteiger partial charge in [0.1, 0.15) is 0 Å². The van der Waals surface area contributed by atoms with Gasteiger partial charge < -0.3 is 19.7 Å². The third-order valence-electron chi connectivity index (χ3n) is 5.34. The molecule has 1 aliphatic rings. The van der Waals surface area contributed by atoms with Gasteiger partial charge in [-0.25, -0.2) is 0 Å². The molecule has 2 amide bonds. The van der Waals surface area contributed by atoms with Gasteiger partial charge in [-0.1, -0.05) is 48.5 Å². The minimum Gasteiger partial charge on any atom is -0.493 e. The summed E-state index contributed by atoms with van der Waals surface area (Å²) in [6, 6.07) is 20.3. The van der Waals surface area contributed by atoms with E-state index in [1.165, 1.54) is 20.1 Å². The van der Waals surface area contributed by atoms with E-state index in [1.807, 2.05) is 42.5 Å². The number of anilines is 2. The number of methoxy groups -OCH3 is 1. The summed E-state index contributed by atoms with van der Waals surface area (Å²) in [6.07, 6.45) is 3.29. The first-order valence-corrected chi connectivity index (χ1v) is 10.8. The molecule has 3 aromatic rings. The fourth-order valence-electron chi connectivity index (χ4n) is 3.85. The smallest absolute Gasteiger partial charge is 0.308 e. The van der Waals surface area contributed by atoms with Gasteiger partial charge in [0.2, 0.25) is 11.8 Å². The van der Waals surface area contributed by atoms with Crippen molar-refractivity contribution in [2.75, 3.05) is 17.3 Å². The third kappa shape index (κ3) is 5.15. The summed E-state index contributed by atoms with van der Waals surface area (Å²) in [7, 11) is 1.48. The number of hydrogen-bond donors (Lipinski definition) is 1. The van der Waals surface area contributed by atoms with E-state index < -0.39 is 5.97 Å². The number of fused-ring (bicyclic) bond motifs is 1. The highest BCUT2D eigenvalue weighted by Crippen LogP contribution is 2.37. The van der Waals surface area contributed by atoms with E-state index in [2.05, 4.69) is 5.32 Å². The molecular weight excluding hydrogens is 432 g/mol. The Balaban J connectivity index is 1.53. The van der Waals surface area contributed by atoms with Crippen LogP contribution in [0.4, 0.5) is 11.4 Å². The van der Waals surface area contributed by atoms with Crippen LogP contribution in [0.2, 0.25) is 0 Å². The van der Waals surface area contributed by atoms with Gasteiger partial charge >= 0.3 is 5.97 Å². The van der Waals surface area contributed by atoms with E-state index >= 15 is 0 Å². The van der Waals surface area contributed by atoms with Gasteiger partial charge in [0.05, 0.1) is 31.5 Å². The molecule has 0 saturated heterocycles. The van der Waals surface area contributed by atoms with Crippen molar-refractivity contribution < 1.29 is 23.9 Å². The fourth-order valence-corrected chi connectivity index (χ4v) is 3.85. The Morgan fingerprint density at radius 2 is 1.82 bits per heavy atom. The Morgan fingerprint density at radius 3 is 2.56 bits per heavy atom. The minimum absolute atomic E-state index is 0.00710. The van der Waals surface area contributed by atoms with Crippen LogP contribution >= 0.6 is 0 Å². The molecular formula is C27H24N2O5. The molecule has 0 unspecified atom stereocenters. The Kier molecular flexibility index (Phi) is 6.73. The average molecular weight is 456 g/mol. The van der Waals surface area contributed by atoms with Crippen molar-refractivity contribution >= 4 is 35.2 Å². The largest absolute Gasteiger partial charge is 0.493 e. The first-order chi connectivity index (χ1) is 16.4. The van der Waals surface area contributed by atoms with Crippen molar-refractivity contribution in [1.82, 2.24) is 0 Å². The molecule has 7 heteroatoms. The summed E-state index contributed by atoms with van der Waals surface area (Å²) in [5.41, 5.74) is 3.84. The highest BCUT2D eigenvalue weighted by atomic mass is 16.6. The van der Waals surface area contributed by atoms with Crippen LogP contribution in [0, 0.1) is 0 Å². The molecule has 0 fully saturated rings. The lowest BCUT2D eigenvalue weighted by atomic mass is 10.1. The number of nitrogens with one attached hydrogen (secondary N) is 1. The van der Waals surface area contributed by atoms with E-state index in [0.29, 0.717) is 30.0 Å². The molecule has 4 rings (SSSR count). The zero-order chi connectivity index (χ0) is 24.1. The Morgan fingerprint density at radius 1 is 1.03 bits per heavy atom. The van der Waals surface area contributed by atoms with Gasteiger partial charge in [0, 0.05) is 13.0 Å². The molecule has 0 aliphatic carbocycles. The number of amides is 2. The second-order valence-corrected chi connectivity index (χ2v) is 7.78. The van der Waals surface area contributed by atoms with Gasteiger partial charge in [0.25, 0.3) is 0 Å². The quantitative estimate of drug-likeness (QED) is 0.324. The molecule has 1 aliphatic heterocycles. The standard InChI is InChI=1S/C27H24N2O5/c1-18(30)34-24-15-19(11-13-23(24)33-2)12-14-25(31)28-22-10-6-9-21-16-26(32)29(27(21)22)17-20-7-4-3-5-8-20/h3-15H,16-17H2,1-2H3,(H,28,31). The van der Waals surface area contributed by atoms with Crippen LogP contribution in [0.1, 0.15) is 23.6 Å². The number of benzene rings is 3. The summed E-state index contributed by atoms with van der Waals surface area (Å²) in [4.78, 5) is 38.4. The van der Waals surface area contributed by atoms with E-state index in [-0.39, 0.29) is 17.6 Å². The highest BCUT2D eigenvalue weighted by Gasteiger charge is 2.30. The van der Waals surface area contributed by atoms with Crippen LogP contribution in [-0.2, 0) is 27.3 Å². The van der Waals surface area contributed by atoms with Crippen molar-refractivity contribution in [3.05, 3.63) is 89.5 Å². The highest BCUT2D eigenvalue weighted by molar-refractivity contribution is 6.09. The summed E-state index contributed by atoms with van der Waals surface area (Å²) in [5.74, 6) is -0.136. The number of ether oxygens (including phenoxy) is 2. The number of nitrogens with zero attached hydrogens (tertiary/aromatic N) is 1. The molecule has 0 bridgehead atoms. The number of carbonyl (C=O) groups is 3. The molecule has 172 valence electrons. The molecule has 1 N–H and O–H groups in total. The lowest BCUT2D eigenvalue weighted by Crippen LogP contribution is -2.27. The van der Waals surface area contributed by atoms with Crippen molar-refractivity contribution in [3.63, 3.8) is 0 Å². The topological polar surface area (TPSA) is 84.9 Å². The van der Waals surface area contributed by atoms with Gasteiger partial charge in [-0.3, -0.25) is 14.4 Å². The third-order valence-corrected chi connectivity index (χ3v) is 5.34. The van der Waals surface area contributed by atoms with Crippen molar-refractivity contribution in [2.45, 2.75) is 19.9 Å². The van der Waals surface area contributed by atoms with Crippen LogP contribution in [-0.4, -0.2) is 24.9 Å². The van der Waals surface area contributed by atoms with Gasteiger partial charge in [0.15, 0.2) is 11.5 Å². The van der Waals surface area contributed by atoms with Crippen LogP contribution in [0.5, 0.6) is 11.5 Å². The number of rotatable bonds is 7. The molecule has 34 heavy (non-hydrogen) atoms. The van der Waals surface area contributed by atoms with E-state index in [0.717, 1.165) is 16.8 Å². The second-order valence-electron chi connectivity index (χ2n) is 7.78. The summed E-state index contributed by atoms with van der Waals surface area (Å²) in [5, 5.41) is 2.89. The minimum atomic E-state index is -0.468. The molecule has 0 spiro atoms. The normalized spacial score (nSPS) is 12.5. The maximum atomic E-state index is 12.7. The van der Waals surface area contributed by atoms with E-state index in [1.54, 1.807) is 35.2 Å². The predicted molar refractivity (Wildman–Crippen MR) is 130 cm³/mol. The molecule has 3 aromatic carbocycles. The number of para-hydroxylation sites is 1. The van der Waals surface area contributed by atoms with Crippen molar-refractivity contribution in [1.29, 1.82) is 0 Å². The Bertz CT molecular complexity index is 1270. The molecule has 0 radical (unpaired) electrons. The Labute approximate surface area is 197 Å². The lowest BCUT2D eigenvalue weighted by Gasteiger charge is -2.20. The first-order valence-electron chi connectivity index (χ1n) is 10.8. The average Bonchev–Trinajstić information content (AvgIpc) is 3.14. The van der Waals surface area contributed by atoms with Crippen molar-refractivity contribution in [3.8, 4) is 11.5 Å². The summed E-state index contributed by atoms with van der Waals surface area (Å²) < 4.78 is 10.4. The SMILES string of the molecule is COc1ccc(C=CC(=O)Nc2cccc3c2N(Cc2ccccc2)C(=O)C3)cc1OC(C)=O. The lowest BCUT2D eigenvalue weighted by molar-refractivity contribution is -0.132.